The van der Waals surface area contributed by atoms with E-state index in [-0.39, 0.29) is 11.6 Å². The van der Waals surface area contributed by atoms with Gasteiger partial charge in [-0.2, -0.15) is 0 Å². The smallest absolute Gasteiger partial charge is 0.0603 e. The van der Waals surface area contributed by atoms with Crippen LogP contribution in [0.3, 0.4) is 0 Å². The van der Waals surface area contributed by atoms with Gasteiger partial charge in [0.1, 0.15) is 0 Å². The molecule has 0 spiro atoms. The number of hydrogen-bond donors (Lipinski definition) is 2. The van der Waals surface area contributed by atoms with Gasteiger partial charge in [0.05, 0.1) is 29.3 Å². The van der Waals surface area contributed by atoms with E-state index in [1.165, 1.54) is 12.8 Å². The highest BCUT2D eigenvalue weighted by Gasteiger charge is 2.32. The maximum atomic E-state index is 5.91. The lowest BCUT2D eigenvalue weighted by atomic mass is 10.0. The summed E-state index contributed by atoms with van der Waals surface area (Å²) in [6, 6.07) is 2.14. The van der Waals surface area contributed by atoms with Crippen molar-refractivity contribution >= 4 is 11.4 Å². The Balaban J connectivity index is 2.02. The van der Waals surface area contributed by atoms with Crippen LogP contribution in [0.2, 0.25) is 0 Å². The van der Waals surface area contributed by atoms with Gasteiger partial charge < -0.3 is 11.1 Å². The molecule has 0 amide bonds. The standard InChI is InChI=1S/C16H26N4/c1-5-13(11-20-8-6-7-16(20,3)4)19-14-9-15(17)12(2)18-10-14/h5,9-10,13,19H,1,6-8,11,17H2,2-4H3. The third-order valence-electron chi connectivity index (χ3n) is 4.25. The predicted molar refractivity (Wildman–Crippen MR) is 85.9 cm³/mol. The SMILES string of the molecule is C=CC(CN1CCCC1(C)C)Nc1cnc(C)c(N)c1. The van der Waals surface area contributed by atoms with Crippen molar-refractivity contribution in [2.24, 2.45) is 0 Å². The number of nitrogen functional groups attached to an aromatic ring is 1. The second kappa shape index (κ2) is 5.83. The lowest BCUT2D eigenvalue weighted by Gasteiger charge is -2.34. The molecular formula is C16H26N4. The van der Waals surface area contributed by atoms with Gasteiger partial charge in [-0.15, -0.1) is 6.58 Å². The highest BCUT2D eigenvalue weighted by Crippen LogP contribution is 2.28. The first-order valence-corrected chi connectivity index (χ1v) is 7.28. The van der Waals surface area contributed by atoms with Crippen LogP contribution in [0.1, 0.15) is 32.4 Å². The number of hydrogen-bond acceptors (Lipinski definition) is 4. The fourth-order valence-electron chi connectivity index (χ4n) is 2.76. The van der Waals surface area contributed by atoms with E-state index in [0.29, 0.717) is 0 Å². The van der Waals surface area contributed by atoms with Gasteiger partial charge in [0, 0.05) is 12.1 Å². The first-order valence-electron chi connectivity index (χ1n) is 7.28. The van der Waals surface area contributed by atoms with Gasteiger partial charge in [-0.05, 0) is 46.2 Å². The van der Waals surface area contributed by atoms with Crippen LogP contribution in [0.5, 0.6) is 0 Å². The minimum atomic E-state index is 0.205. The van der Waals surface area contributed by atoms with Crippen molar-refractivity contribution < 1.29 is 0 Å². The zero-order chi connectivity index (χ0) is 14.8. The maximum absolute atomic E-state index is 5.91. The summed E-state index contributed by atoms with van der Waals surface area (Å²) in [5, 5.41) is 3.46. The van der Waals surface area contributed by atoms with Crippen LogP contribution in [0, 0.1) is 6.92 Å². The van der Waals surface area contributed by atoms with E-state index in [9.17, 15) is 0 Å². The van der Waals surface area contributed by atoms with E-state index in [1.54, 1.807) is 0 Å². The van der Waals surface area contributed by atoms with Crippen molar-refractivity contribution in [3.8, 4) is 0 Å². The van der Waals surface area contributed by atoms with Crippen LogP contribution >= 0.6 is 0 Å². The predicted octanol–water partition coefficient (Wildman–Crippen LogP) is 2.81. The molecule has 110 valence electrons. The van der Waals surface area contributed by atoms with E-state index in [4.69, 9.17) is 5.73 Å². The van der Waals surface area contributed by atoms with E-state index in [0.717, 1.165) is 30.2 Å². The van der Waals surface area contributed by atoms with E-state index >= 15 is 0 Å². The van der Waals surface area contributed by atoms with Gasteiger partial charge in [0.25, 0.3) is 0 Å². The molecule has 1 aromatic rings. The lowest BCUT2D eigenvalue weighted by molar-refractivity contribution is 0.174. The minimum absolute atomic E-state index is 0.205. The van der Waals surface area contributed by atoms with Crippen molar-refractivity contribution in [2.45, 2.75) is 45.2 Å². The number of nitrogens with zero attached hydrogens (tertiary/aromatic N) is 2. The molecule has 1 unspecified atom stereocenters. The second-order valence-electron chi connectivity index (χ2n) is 6.25. The molecule has 20 heavy (non-hydrogen) atoms. The third-order valence-corrected chi connectivity index (χ3v) is 4.25. The summed E-state index contributed by atoms with van der Waals surface area (Å²) in [4.78, 5) is 6.82. The summed E-state index contributed by atoms with van der Waals surface area (Å²) >= 11 is 0. The molecule has 0 bridgehead atoms. The van der Waals surface area contributed by atoms with Crippen LogP contribution < -0.4 is 11.1 Å². The van der Waals surface area contributed by atoms with Crippen molar-refractivity contribution in [2.75, 3.05) is 24.1 Å². The summed E-state index contributed by atoms with van der Waals surface area (Å²) in [7, 11) is 0. The molecule has 2 heterocycles. The van der Waals surface area contributed by atoms with Crippen LogP contribution in [-0.2, 0) is 0 Å². The second-order valence-corrected chi connectivity index (χ2v) is 6.25. The number of nitrogens with one attached hydrogen (secondary N) is 1. The van der Waals surface area contributed by atoms with Crippen molar-refractivity contribution in [1.82, 2.24) is 9.88 Å². The Bertz CT molecular complexity index is 481. The normalized spacial score (nSPS) is 19.8. The summed E-state index contributed by atoms with van der Waals surface area (Å²) in [5.74, 6) is 0. The van der Waals surface area contributed by atoms with Crippen molar-refractivity contribution in [1.29, 1.82) is 0 Å². The van der Waals surface area contributed by atoms with Gasteiger partial charge in [-0.1, -0.05) is 6.08 Å². The highest BCUT2D eigenvalue weighted by atomic mass is 15.2. The number of nitrogens with two attached hydrogens (primary N) is 1. The molecule has 1 aromatic heterocycles. The molecule has 0 aliphatic carbocycles. The Kier molecular flexibility index (Phi) is 4.33. The van der Waals surface area contributed by atoms with E-state index in [2.05, 4.69) is 35.6 Å². The topological polar surface area (TPSA) is 54.2 Å². The Morgan fingerprint density at radius 2 is 2.35 bits per heavy atom. The number of aromatic nitrogens is 1. The molecule has 1 fully saturated rings. The van der Waals surface area contributed by atoms with E-state index in [1.807, 2.05) is 25.3 Å². The van der Waals surface area contributed by atoms with Crippen LogP contribution in [0.15, 0.2) is 24.9 Å². The summed E-state index contributed by atoms with van der Waals surface area (Å²) < 4.78 is 0. The number of anilines is 2. The molecule has 1 atom stereocenters. The number of pyridine rings is 1. The summed E-state index contributed by atoms with van der Waals surface area (Å²) in [6.07, 6.45) is 6.33. The molecule has 3 N–H and O–H groups in total. The van der Waals surface area contributed by atoms with Crippen molar-refractivity contribution in [3.63, 3.8) is 0 Å². The summed E-state index contributed by atoms with van der Waals surface area (Å²) in [6.45, 7) is 12.6. The van der Waals surface area contributed by atoms with Crippen LogP contribution in [0.25, 0.3) is 0 Å². The summed E-state index contributed by atoms with van der Waals surface area (Å²) in [5.41, 5.74) is 8.73. The van der Waals surface area contributed by atoms with Gasteiger partial charge in [0.15, 0.2) is 0 Å². The maximum Gasteiger partial charge on any atom is 0.0603 e. The Hall–Kier alpha value is -1.55. The Labute approximate surface area is 122 Å². The van der Waals surface area contributed by atoms with Crippen LogP contribution in [0.4, 0.5) is 11.4 Å². The zero-order valence-corrected chi connectivity index (χ0v) is 12.8. The van der Waals surface area contributed by atoms with Gasteiger partial charge in [-0.3, -0.25) is 9.88 Å². The number of likely N-dealkylation sites (tertiary alicyclic amines) is 1. The Morgan fingerprint density at radius 3 is 2.90 bits per heavy atom. The lowest BCUT2D eigenvalue weighted by Crippen LogP contribution is -2.44. The van der Waals surface area contributed by atoms with E-state index < -0.39 is 0 Å². The zero-order valence-electron chi connectivity index (χ0n) is 12.8. The molecule has 0 radical (unpaired) electrons. The number of aryl methyl sites for hydroxylation is 1. The highest BCUT2D eigenvalue weighted by molar-refractivity contribution is 5.55. The van der Waals surface area contributed by atoms with Crippen LogP contribution in [-0.4, -0.2) is 34.6 Å². The molecule has 0 saturated carbocycles. The quantitative estimate of drug-likeness (QED) is 0.811. The molecule has 1 saturated heterocycles. The average molecular weight is 274 g/mol. The molecular weight excluding hydrogens is 248 g/mol. The minimum Gasteiger partial charge on any atom is -0.397 e. The first kappa shape index (κ1) is 14.9. The molecule has 2 rings (SSSR count). The first-order chi connectivity index (χ1) is 9.42. The molecule has 0 aromatic carbocycles. The Morgan fingerprint density at radius 1 is 1.60 bits per heavy atom. The third kappa shape index (κ3) is 3.31. The molecule has 4 heteroatoms. The number of rotatable bonds is 5. The average Bonchev–Trinajstić information content (AvgIpc) is 2.72. The fraction of sp³-hybridized carbons (Fsp3) is 0.562. The fourth-order valence-corrected chi connectivity index (χ4v) is 2.76. The van der Waals surface area contributed by atoms with Gasteiger partial charge >= 0.3 is 0 Å². The molecule has 1 aliphatic heterocycles. The van der Waals surface area contributed by atoms with Crippen molar-refractivity contribution in [3.05, 3.63) is 30.6 Å². The largest absolute Gasteiger partial charge is 0.397 e. The van der Waals surface area contributed by atoms with Gasteiger partial charge in [0.2, 0.25) is 0 Å². The monoisotopic (exact) mass is 274 g/mol. The van der Waals surface area contributed by atoms with Gasteiger partial charge in [-0.25, -0.2) is 0 Å². The molecule has 4 nitrogen and oxygen atoms in total. The molecule has 1 aliphatic rings.